The SMILES string of the molecule is COc1cc2nc(SCCC#N)[nH]c2cc1OC. The van der Waals surface area contributed by atoms with Crippen LogP contribution >= 0.6 is 11.8 Å². The summed E-state index contributed by atoms with van der Waals surface area (Å²) < 4.78 is 10.5. The van der Waals surface area contributed by atoms with E-state index in [2.05, 4.69) is 16.0 Å². The smallest absolute Gasteiger partial charge is 0.166 e. The molecule has 1 aromatic carbocycles. The van der Waals surface area contributed by atoms with Crippen LogP contribution in [0.1, 0.15) is 6.42 Å². The van der Waals surface area contributed by atoms with Crippen molar-refractivity contribution in [1.29, 1.82) is 5.26 Å². The topological polar surface area (TPSA) is 70.9 Å². The lowest BCUT2D eigenvalue weighted by atomic mass is 10.3. The molecule has 1 heterocycles. The Balaban J connectivity index is 2.30. The van der Waals surface area contributed by atoms with Gasteiger partial charge in [0.15, 0.2) is 16.7 Å². The van der Waals surface area contributed by atoms with E-state index in [1.807, 2.05) is 12.1 Å². The van der Waals surface area contributed by atoms with E-state index in [0.29, 0.717) is 17.9 Å². The minimum atomic E-state index is 0.508. The Kier molecular flexibility index (Phi) is 3.95. The second kappa shape index (κ2) is 5.65. The maximum absolute atomic E-state index is 8.49. The Morgan fingerprint density at radius 2 is 2.06 bits per heavy atom. The molecule has 0 radical (unpaired) electrons. The summed E-state index contributed by atoms with van der Waals surface area (Å²) in [5, 5.41) is 9.30. The fraction of sp³-hybridized carbons (Fsp3) is 0.333. The molecule has 0 atom stereocenters. The van der Waals surface area contributed by atoms with E-state index in [1.165, 1.54) is 11.8 Å². The second-order valence-electron chi connectivity index (χ2n) is 3.52. The van der Waals surface area contributed by atoms with Gasteiger partial charge in [0.1, 0.15) is 0 Å². The molecule has 1 N–H and O–H groups in total. The van der Waals surface area contributed by atoms with Crippen LogP contribution in [0.15, 0.2) is 17.3 Å². The number of H-pyrrole nitrogens is 1. The average molecular weight is 263 g/mol. The van der Waals surface area contributed by atoms with Crippen LogP contribution < -0.4 is 9.47 Å². The lowest BCUT2D eigenvalue weighted by Gasteiger charge is -2.06. The molecule has 18 heavy (non-hydrogen) atoms. The van der Waals surface area contributed by atoms with Crippen molar-refractivity contribution in [3.63, 3.8) is 0 Å². The zero-order valence-electron chi connectivity index (χ0n) is 10.2. The summed E-state index contributed by atoms with van der Waals surface area (Å²) in [6.45, 7) is 0. The van der Waals surface area contributed by atoms with Gasteiger partial charge in [-0.15, -0.1) is 0 Å². The van der Waals surface area contributed by atoms with Crippen LogP contribution in [0.25, 0.3) is 11.0 Å². The molecule has 2 aromatic rings. The Hall–Kier alpha value is -1.87. The van der Waals surface area contributed by atoms with Crippen molar-refractivity contribution < 1.29 is 9.47 Å². The van der Waals surface area contributed by atoms with Crippen LogP contribution in [0.4, 0.5) is 0 Å². The average Bonchev–Trinajstić information content (AvgIpc) is 2.78. The largest absolute Gasteiger partial charge is 0.493 e. The fourth-order valence-electron chi connectivity index (χ4n) is 1.58. The number of thioether (sulfide) groups is 1. The van der Waals surface area contributed by atoms with Crippen LogP contribution in [0.3, 0.4) is 0 Å². The van der Waals surface area contributed by atoms with Gasteiger partial charge in [-0.1, -0.05) is 11.8 Å². The second-order valence-corrected chi connectivity index (χ2v) is 4.61. The summed E-state index contributed by atoms with van der Waals surface area (Å²) in [4.78, 5) is 7.62. The first-order chi connectivity index (χ1) is 8.78. The summed E-state index contributed by atoms with van der Waals surface area (Å²) >= 11 is 1.53. The van der Waals surface area contributed by atoms with Gasteiger partial charge in [0.2, 0.25) is 0 Å². The van der Waals surface area contributed by atoms with Crippen LogP contribution in [-0.2, 0) is 0 Å². The number of methoxy groups -OCH3 is 2. The van der Waals surface area contributed by atoms with E-state index in [4.69, 9.17) is 14.7 Å². The van der Waals surface area contributed by atoms with Crippen LogP contribution in [0.5, 0.6) is 11.5 Å². The molecule has 0 saturated heterocycles. The molecule has 0 saturated carbocycles. The zero-order chi connectivity index (χ0) is 13.0. The van der Waals surface area contributed by atoms with Crippen molar-refractivity contribution >= 4 is 22.8 Å². The number of aromatic nitrogens is 2. The van der Waals surface area contributed by atoms with Gasteiger partial charge < -0.3 is 14.5 Å². The quantitative estimate of drug-likeness (QED) is 0.663. The minimum Gasteiger partial charge on any atom is -0.493 e. The van der Waals surface area contributed by atoms with Gasteiger partial charge in [-0.25, -0.2) is 4.98 Å². The molecule has 0 fully saturated rings. The van der Waals surface area contributed by atoms with E-state index in [1.54, 1.807) is 14.2 Å². The molecule has 0 bridgehead atoms. The molecule has 94 valence electrons. The molecule has 0 unspecified atom stereocenters. The standard InChI is InChI=1S/C12H13N3O2S/c1-16-10-6-8-9(7-11(10)17-2)15-12(14-8)18-5-3-4-13/h6-7H,3,5H2,1-2H3,(H,14,15). The summed E-state index contributed by atoms with van der Waals surface area (Å²) in [5.41, 5.74) is 1.72. The molecule has 0 aliphatic carbocycles. The number of aromatic amines is 1. The molecular formula is C12H13N3O2S. The summed E-state index contributed by atoms with van der Waals surface area (Å²) in [6.07, 6.45) is 0.508. The maximum Gasteiger partial charge on any atom is 0.166 e. The first kappa shape index (κ1) is 12.6. The molecule has 6 heteroatoms. The Labute approximate surface area is 109 Å². The Morgan fingerprint density at radius 3 is 2.72 bits per heavy atom. The zero-order valence-corrected chi connectivity index (χ0v) is 11.0. The number of imidazole rings is 1. The van der Waals surface area contributed by atoms with E-state index >= 15 is 0 Å². The molecule has 0 amide bonds. The normalized spacial score (nSPS) is 10.3. The van der Waals surface area contributed by atoms with Gasteiger partial charge >= 0.3 is 0 Å². The predicted molar refractivity (Wildman–Crippen MR) is 70.2 cm³/mol. The Morgan fingerprint density at radius 1 is 1.33 bits per heavy atom. The first-order valence-corrected chi connectivity index (χ1v) is 6.38. The van der Waals surface area contributed by atoms with Gasteiger partial charge in [0.05, 0.1) is 31.3 Å². The third-order valence-corrected chi connectivity index (χ3v) is 3.29. The van der Waals surface area contributed by atoms with Crippen molar-refractivity contribution in [3.8, 4) is 17.6 Å². The highest BCUT2D eigenvalue weighted by Gasteiger charge is 2.09. The lowest BCUT2D eigenvalue weighted by Crippen LogP contribution is -1.89. The van der Waals surface area contributed by atoms with E-state index in [-0.39, 0.29) is 0 Å². The lowest BCUT2D eigenvalue weighted by molar-refractivity contribution is 0.356. The van der Waals surface area contributed by atoms with E-state index < -0.39 is 0 Å². The number of hydrogen-bond acceptors (Lipinski definition) is 5. The molecule has 0 aliphatic rings. The van der Waals surface area contributed by atoms with Crippen molar-refractivity contribution in [2.24, 2.45) is 0 Å². The predicted octanol–water partition coefficient (Wildman–Crippen LogP) is 2.59. The number of benzene rings is 1. The summed E-state index contributed by atoms with van der Waals surface area (Å²) in [6, 6.07) is 5.79. The summed E-state index contributed by atoms with van der Waals surface area (Å²) in [5.74, 6) is 2.05. The van der Waals surface area contributed by atoms with Gasteiger partial charge in [0, 0.05) is 24.3 Å². The van der Waals surface area contributed by atoms with Gasteiger partial charge in [-0.2, -0.15) is 5.26 Å². The number of hydrogen-bond donors (Lipinski definition) is 1. The highest BCUT2D eigenvalue weighted by atomic mass is 32.2. The molecular weight excluding hydrogens is 250 g/mol. The summed E-state index contributed by atoms with van der Waals surface area (Å²) in [7, 11) is 3.20. The van der Waals surface area contributed by atoms with E-state index in [9.17, 15) is 0 Å². The third kappa shape index (κ3) is 2.51. The molecule has 0 aliphatic heterocycles. The number of nitrogens with zero attached hydrogens (tertiary/aromatic N) is 2. The number of nitriles is 1. The van der Waals surface area contributed by atoms with E-state index in [0.717, 1.165) is 21.9 Å². The van der Waals surface area contributed by atoms with Crippen LogP contribution in [0.2, 0.25) is 0 Å². The maximum atomic E-state index is 8.49. The van der Waals surface area contributed by atoms with Crippen LogP contribution in [-0.4, -0.2) is 29.9 Å². The minimum absolute atomic E-state index is 0.508. The first-order valence-electron chi connectivity index (χ1n) is 5.40. The number of ether oxygens (including phenoxy) is 2. The van der Waals surface area contributed by atoms with Crippen molar-refractivity contribution in [2.45, 2.75) is 11.6 Å². The monoisotopic (exact) mass is 263 g/mol. The number of nitrogens with one attached hydrogen (secondary N) is 1. The fourth-order valence-corrected chi connectivity index (χ4v) is 2.31. The van der Waals surface area contributed by atoms with Gasteiger partial charge in [-0.05, 0) is 0 Å². The van der Waals surface area contributed by atoms with Crippen molar-refractivity contribution in [1.82, 2.24) is 9.97 Å². The van der Waals surface area contributed by atoms with Crippen molar-refractivity contribution in [3.05, 3.63) is 12.1 Å². The van der Waals surface area contributed by atoms with Gasteiger partial charge in [0.25, 0.3) is 0 Å². The van der Waals surface area contributed by atoms with Crippen LogP contribution in [0, 0.1) is 11.3 Å². The molecule has 5 nitrogen and oxygen atoms in total. The highest BCUT2D eigenvalue weighted by molar-refractivity contribution is 7.99. The number of fused-ring (bicyclic) bond motifs is 1. The molecule has 0 spiro atoms. The third-order valence-electron chi connectivity index (χ3n) is 2.42. The van der Waals surface area contributed by atoms with Gasteiger partial charge in [-0.3, -0.25) is 0 Å². The number of rotatable bonds is 5. The molecule has 1 aromatic heterocycles. The highest BCUT2D eigenvalue weighted by Crippen LogP contribution is 2.32. The van der Waals surface area contributed by atoms with Crippen molar-refractivity contribution in [2.75, 3.05) is 20.0 Å². The Bertz CT molecular complexity index is 548. The molecule has 2 rings (SSSR count).